The van der Waals surface area contributed by atoms with Crippen molar-refractivity contribution < 1.29 is 14.3 Å². The Morgan fingerprint density at radius 3 is 2.44 bits per heavy atom. The van der Waals surface area contributed by atoms with E-state index < -0.39 is 11.7 Å². The molecule has 0 atom stereocenters. The van der Waals surface area contributed by atoms with Gasteiger partial charge in [0.15, 0.2) is 0 Å². The Bertz CT molecular complexity index is 801. The van der Waals surface area contributed by atoms with E-state index in [1.54, 1.807) is 27.0 Å². The fourth-order valence-electron chi connectivity index (χ4n) is 2.77. The minimum atomic E-state index is -0.577. The van der Waals surface area contributed by atoms with Crippen LogP contribution in [0.5, 0.6) is 0 Å². The van der Waals surface area contributed by atoms with E-state index in [1.165, 1.54) is 0 Å². The molecule has 1 aliphatic rings. The van der Waals surface area contributed by atoms with Crippen LogP contribution >= 0.6 is 0 Å². The average molecular weight is 371 g/mol. The van der Waals surface area contributed by atoms with Crippen LogP contribution in [0.1, 0.15) is 31.1 Å². The first-order chi connectivity index (χ1) is 12.8. The van der Waals surface area contributed by atoms with Gasteiger partial charge in [-0.3, -0.25) is 10.1 Å². The smallest absolute Gasteiger partial charge is 0.414 e. The van der Waals surface area contributed by atoms with Gasteiger partial charge in [0.05, 0.1) is 11.9 Å². The van der Waals surface area contributed by atoms with E-state index in [4.69, 9.17) is 4.74 Å². The maximum Gasteiger partial charge on any atom is 0.414 e. The Morgan fingerprint density at radius 1 is 1.15 bits per heavy atom. The molecule has 0 unspecified atom stereocenters. The second-order valence-corrected chi connectivity index (χ2v) is 7.39. The highest BCUT2D eigenvalue weighted by Gasteiger charge is 2.19. The number of hydrogen-bond donors (Lipinski definition) is 3. The van der Waals surface area contributed by atoms with E-state index in [1.807, 2.05) is 29.2 Å². The van der Waals surface area contributed by atoms with E-state index in [9.17, 15) is 9.59 Å². The third kappa shape index (κ3) is 5.07. The minimum absolute atomic E-state index is 0.0416. The molecular formula is C19H25N5O3. The number of anilines is 1. The number of aromatic amines is 1. The first-order valence-corrected chi connectivity index (χ1v) is 8.97. The van der Waals surface area contributed by atoms with Crippen LogP contribution in [0.4, 0.5) is 10.7 Å². The van der Waals surface area contributed by atoms with Crippen LogP contribution in [0.25, 0.3) is 11.3 Å². The summed E-state index contributed by atoms with van der Waals surface area (Å²) >= 11 is 0. The van der Waals surface area contributed by atoms with Gasteiger partial charge in [-0.25, -0.2) is 9.78 Å². The van der Waals surface area contributed by atoms with Crippen molar-refractivity contribution >= 4 is 17.9 Å². The predicted octanol–water partition coefficient (Wildman–Crippen LogP) is 2.47. The summed E-state index contributed by atoms with van der Waals surface area (Å²) < 4.78 is 5.20. The van der Waals surface area contributed by atoms with Gasteiger partial charge in [0.1, 0.15) is 5.60 Å². The van der Waals surface area contributed by atoms with E-state index in [0.29, 0.717) is 11.5 Å². The monoisotopic (exact) mass is 371 g/mol. The number of H-pyrrole nitrogens is 1. The number of hydrogen-bond acceptors (Lipinski definition) is 5. The van der Waals surface area contributed by atoms with E-state index in [0.717, 1.165) is 37.4 Å². The molecule has 1 aliphatic heterocycles. The molecule has 0 bridgehead atoms. The van der Waals surface area contributed by atoms with Crippen molar-refractivity contribution in [2.75, 3.05) is 31.5 Å². The normalized spacial score (nSPS) is 14.7. The zero-order valence-corrected chi connectivity index (χ0v) is 15.8. The quantitative estimate of drug-likeness (QED) is 0.770. The topological polar surface area (TPSA) is 99.3 Å². The van der Waals surface area contributed by atoms with Gasteiger partial charge < -0.3 is 19.9 Å². The summed E-state index contributed by atoms with van der Waals surface area (Å²) in [4.78, 5) is 33.3. The number of carbonyl (C=O) groups is 2. The third-order valence-corrected chi connectivity index (χ3v) is 4.04. The van der Waals surface area contributed by atoms with E-state index >= 15 is 0 Å². The second-order valence-electron chi connectivity index (χ2n) is 7.39. The molecule has 1 saturated heterocycles. The predicted molar refractivity (Wildman–Crippen MR) is 103 cm³/mol. The van der Waals surface area contributed by atoms with Crippen LogP contribution in [0, 0.1) is 0 Å². The highest BCUT2D eigenvalue weighted by atomic mass is 16.6. The number of imidazole rings is 1. The van der Waals surface area contributed by atoms with E-state index in [2.05, 4.69) is 20.6 Å². The standard InChI is InChI=1S/C19H25N5O3/c1-19(2,3)27-18(26)23-17-21-12-15(22-17)13-4-6-14(7-5-13)16(25)24-10-8-20-9-11-24/h4-7,12,20H,8-11H2,1-3H3,(H2,21,22,23,26). The van der Waals surface area contributed by atoms with Crippen LogP contribution in [0.3, 0.4) is 0 Å². The number of nitrogens with one attached hydrogen (secondary N) is 3. The molecule has 2 heterocycles. The number of piperazine rings is 1. The lowest BCUT2D eigenvalue weighted by Gasteiger charge is -2.27. The zero-order chi connectivity index (χ0) is 19.4. The fraction of sp³-hybridized carbons (Fsp3) is 0.421. The lowest BCUT2D eigenvalue weighted by atomic mass is 10.1. The molecule has 0 radical (unpaired) electrons. The van der Waals surface area contributed by atoms with Crippen molar-refractivity contribution in [2.45, 2.75) is 26.4 Å². The molecule has 1 aromatic heterocycles. The summed E-state index contributed by atoms with van der Waals surface area (Å²) in [6.07, 6.45) is 1.06. The molecule has 1 aromatic carbocycles. The highest BCUT2D eigenvalue weighted by Crippen LogP contribution is 2.20. The van der Waals surface area contributed by atoms with Crippen LogP contribution in [-0.2, 0) is 4.74 Å². The molecule has 8 nitrogen and oxygen atoms in total. The SMILES string of the molecule is CC(C)(C)OC(=O)Nc1ncc(-c2ccc(C(=O)N3CCNCC3)cc2)[nH]1. The van der Waals surface area contributed by atoms with Crippen molar-refractivity contribution in [3.8, 4) is 11.3 Å². The van der Waals surface area contributed by atoms with Gasteiger partial charge >= 0.3 is 6.09 Å². The van der Waals surface area contributed by atoms with Crippen LogP contribution < -0.4 is 10.6 Å². The van der Waals surface area contributed by atoms with Gasteiger partial charge in [-0.15, -0.1) is 0 Å². The molecule has 1 fully saturated rings. The van der Waals surface area contributed by atoms with Gasteiger partial charge in [0, 0.05) is 31.7 Å². The van der Waals surface area contributed by atoms with Crippen LogP contribution in [0.2, 0.25) is 0 Å². The number of nitrogens with zero attached hydrogens (tertiary/aromatic N) is 2. The molecular weight excluding hydrogens is 346 g/mol. The first kappa shape index (κ1) is 18.9. The van der Waals surface area contributed by atoms with Gasteiger partial charge in [-0.2, -0.15) is 0 Å². The van der Waals surface area contributed by atoms with Gasteiger partial charge in [-0.1, -0.05) is 12.1 Å². The molecule has 0 spiro atoms. The fourth-order valence-corrected chi connectivity index (χ4v) is 2.77. The summed E-state index contributed by atoms with van der Waals surface area (Å²) in [6, 6.07) is 7.34. The molecule has 8 heteroatoms. The lowest BCUT2D eigenvalue weighted by molar-refractivity contribution is 0.0634. The summed E-state index contributed by atoms with van der Waals surface area (Å²) in [6.45, 7) is 8.48. The van der Waals surface area contributed by atoms with Crippen molar-refractivity contribution in [1.29, 1.82) is 0 Å². The summed E-state index contributed by atoms with van der Waals surface area (Å²) in [7, 11) is 0. The number of amides is 2. The number of rotatable bonds is 3. The Balaban J connectivity index is 1.64. The maximum absolute atomic E-state index is 12.5. The summed E-state index contributed by atoms with van der Waals surface area (Å²) in [5, 5.41) is 5.80. The molecule has 3 rings (SSSR count). The van der Waals surface area contributed by atoms with Crippen LogP contribution in [-0.4, -0.2) is 58.6 Å². The van der Waals surface area contributed by atoms with Crippen LogP contribution in [0.15, 0.2) is 30.5 Å². The molecule has 27 heavy (non-hydrogen) atoms. The van der Waals surface area contributed by atoms with Crippen molar-refractivity contribution in [1.82, 2.24) is 20.2 Å². The Kier molecular flexibility index (Phi) is 5.46. The molecule has 0 saturated carbocycles. The molecule has 3 N–H and O–H groups in total. The van der Waals surface area contributed by atoms with E-state index in [-0.39, 0.29) is 5.91 Å². The van der Waals surface area contributed by atoms with Crippen molar-refractivity contribution in [3.05, 3.63) is 36.0 Å². The molecule has 144 valence electrons. The molecule has 2 amide bonds. The average Bonchev–Trinajstić information content (AvgIpc) is 3.08. The molecule has 2 aromatic rings. The van der Waals surface area contributed by atoms with Crippen molar-refractivity contribution in [2.24, 2.45) is 0 Å². The van der Waals surface area contributed by atoms with Crippen molar-refractivity contribution in [3.63, 3.8) is 0 Å². The number of aromatic nitrogens is 2. The second kappa shape index (κ2) is 7.79. The largest absolute Gasteiger partial charge is 0.444 e. The molecule has 0 aliphatic carbocycles. The minimum Gasteiger partial charge on any atom is -0.444 e. The Hall–Kier alpha value is -2.87. The highest BCUT2D eigenvalue weighted by molar-refractivity contribution is 5.94. The Morgan fingerprint density at radius 2 is 1.81 bits per heavy atom. The number of carbonyl (C=O) groups excluding carboxylic acids is 2. The maximum atomic E-state index is 12.5. The summed E-state index contributed by atoms with van der Waals surface area (Å²) in [5.74, 6) is 0.347. The number of benzene rings is 1. The third-order valence-electron chi connectivity index (χ3n) is 4.04. The number of ether oxygens (including phenoxy) is 1. The summed E-state index contributed by atoms with van der Waals surface area (Å²) in [5.41, 5.74) is 1.69. The zero-order valence-electron chi connectivity index (χ0n) is 15.8. The van der Waals surface area contributed by atoms with Gasteiger partial charge in [0.25, 0.3) is 5.91 Å². The van der Waals surface area contributed by atoms with Gasteiger partial charge in [-0.05, 0) is 38.5 Å². The Labute approximate surface area is 158 Å². The first-order valence-electron chi connectivity index (χ1n) is 8.97. The lowest BCUT2D eigenvalue weighted by Crippen LogP contribution is -2.46. The van der Waals surface area contributed by atoms with Gasteiger partial charge in [0.2, 0.25) is 5.95 Å².